The molecule has 16 heavy (non-hydrogen) atoms. The third kappa shape index (κ3) is 3.37. The number of halogens is 1. The summed E-state index contributed by atoms with van der Waals surface area (Å²) in [4.78, 5) is 4.31. The van der Waals surface area contributed by atoms with E-state index in [0.717, 1.165) is 11.4 Å². The molecule has 0 saturated heterocycles. The predicted octanol–water partition coefficient (Wildman–Crippen LogP) is 3.49. The first-order valence-corrected chi connectivity index (χ1v) is 7.05. The first-order chi connectivity index (χ1) is 7.75. The van der Waals surface area contributed by atoms with Crippen LogP contribution in [0.1, 0.15) is 32.1 Å². The first-order valence-electron chi connectivity index (χ1n) is 5.79. The van der Waals surface area contributed by atoms with Crippen molar-refractivity contribution in [2.24, 2.45) is 5.73 Å². The number of hydrogen-bond acceptors (Lipinski definition) is 3. The molecule has 2 nitrogen and oxygen atoms in total. The van der Waals surface area contributed by atoms with Crippen LogP contribution in [-0.4, -0.2) is 16.3 Å². The summed E-state index contributed by atoms with van der Waals surface area (Å²) in [5.74, 6) is 0. The first kappa shape index (κ1) is 12.2. The zero-order chi connectivity index (χ0) is 11.4. The van der Waals surface area contributed by atoms with Crippen molar-refractivity contribution < 1.29 is 0 Å². The summed E-state index contributed by atoms with van der Waals surface area (Å²) >= 11 is 7.61. The van der Waals surface area contributed by atoms with Crippen LogP contribution in [0.3, 0.4) is 0 Å². The van der Waals surface area contributed by atoms with Gasteiger partial charge in [0.25, 0.3) is 0 Å². The quantitative estimate of drug-likeness (QED) is 0.824. The lowest BCUT2D eigenvalue weighted by atomic mass is 10.1. The van der Waals surface area contributed by atoms with Crippen molar-refractivity contribution in [2.75, 3.05) is 0 Å². The second kappa shape index (κ2) is 5.89. The molecule has 0 aromatic carbocycles. The van der Waals surface area contributed by atoms with Crippen LogP contribution in [0.25, 0.3) is 0 Å². The molecule has 1 saturated carbocycles. The van der Waals surface area contributed by atoms with Crippen molar-refractivity contribution in [1.29, 1.82) is 0 Å². The van der Waals surface area contributed by atoms with Gasteiger partial charge in [0.1, 0.15) is 0 Å². The Morgan fingerprint density at radius 1 is 1.25 bits per heavy atom. The lowest BCUT2D eigenvalue weighted by Gasteiger charge is -2.20. The van der Waals surface area contributed by atoms with Crippen LogP contribution in [-0.2, 0) is 0 Å². The van der Waals surface area contributed by atoms with E-state index >= 15 is 0 Å². The Morgan fingerprint density at radius 3 is 2.81 bits per heavy atom. The second-order valence-electron chi connectivity index (χ2n) is 4.27. The van der Waals surface area contributed by atoms with Gasteiger partial charge in [-0.25, -0.2) is 4.98 Å². The van der Waals surface area contributed by atoms with Gasteiger partial charge in [-0.1, -0.05) is 30.9 Å². The van der Waals surface area contributed by atoms with Crippen LogP contribution in [0.5, 0.6) is 0 Å². The maximum absolute atomic E-state index is 6.18. The smallest absolute Gasteiger partial charge is 0.0964 e. The Balaban J connectivity index is 1.99. The van der Waals surface area contributed by atoms with Gasteiger partial charge >= 0.3 is 0 Å². The molecule has 0 amide bonds. The number of aromatic nitrogens is 1. The SMILES string of the molecule is NC1CCCCCC1Sc1ccc(Cl)cn1. The maximum Gasteiger partial charge on any atom is 0.0964 e. The van der Waals surface area contributed by atoms with Crippen molar-refractivity contribution in [1.82, 2.24) is 4.98 Å². The van der Waals surface area contributed by atoms with Gasteiger partial charge in [0.15, 0.2) is 0 Å². The van der Waals surface area contributed by atoms with Crippen molar-refractivity contribution in [2.45, 2.75) is 48.4 Å². The number of hydrogen-bond donors (Lipinski definition) is 1. The average molecular weight is 257 g/mol. The maximum atomic E-state index is 6.18. The molecule has 2 N–H and O–H groups in total. The molecule has 1 heterocycles. The Kier molecular flexibility index (Phi) is 4.50. The monoisotopic (exact) mass is 256 g/mol. The highest BCUT2D eigenvalue weighted by atomic mass is 35.5. The minimum atomic E-state index is 0.310. The van der Waals surface area contributed by atoms with Crippen LogP contribution in [0.2, 0.25) is 5.02 Å². The van der Waals surface area contributed by atoms with Crippen LogP contribution in [0.4, 0.5) is 0 Å². The van der Waals surface area contributed by atoms with Gasteiger partial charge in [-0.15, -0.1) is 11.8 Å². The summed E-state index contributed by atoms with van der Waals surface area (Å²) in [6.07, 6.45) is 7.93. The summed E-state index contributed by atoms with van der Waals surface area (Å²) in [5, 5.41) is 2.23. The highest BCUT2D eigenvalue weighted by Crippen LogP contribution is 2.31. The number of pyridine rings is 1. The molecule has 0 radical (unpaired) electrons. The van der Waals surface area contributed by atoms with Crippen LogP contribution >= 0.6 is 23.4 Å². The van der Waals surface area contributed by atoms with E-state index in [9.17, 15) is 0 Å². The van der Waals surface area contributed by atoms with E-state index < -0.39 is 0 Å². The third-order valence-corrected chi connectivity index (χ3v) is 4.57. The van der Waals surface area contributed by atoms with Gasteiger partial charge in [-0.2, -0.15) is 0 Å². The van der Waals surface area contributed by atoms with Crippen molar-refractivity contribution in [3.63, 3.8) is 0 Å². The number of nitrogens with two attached hydrogens (primary N) is 1. The van der Waals surface area contributed by atoms with Gasteiger partial charge in [0.2, 0.25) is 0 Å². The molecule has 0 bridgehead atoms. The zero-order valence-electron chi connectivity index (χ0n) is 9.23. The Hall–Kier alpha value is -0.250. The van der Waals surface area contributed by atoms with Crippen LogP contribution < -0.4 is 5.73 Å². The molecule has 1 aliphatic carbocycles. The highest BCUT2D eigenvalue weighted by Gasteiger charge is 2.21. The fourth-order valence-electron chi connectivity index (χ4n) is 2.04. The minimum Gasteiger partial charge on any atom is -0.327 e. The van der Waals surface area contributed by atoms with E-state index in [1.54, 1.807) is 18.0 Å². The summed E-state index contributed by atoms with van der Waals surface area (Å²) in [7, 11) is 0. The predicted molar refractivity (Wildman–Crippen MR) is 70.0 cm³/mol. The fraction of sp³-hybridized carbons (Fsp3) is 0.583. The lowest BCUT2D eigenvalue weighted by Crippen LogP contribution is -2.31. The highest BCUT2D eigenvalue weighted by molar-refractivity contribution is 7.99. The molecule has 0 spiro atoms. The number of rotatable bonds is 2. The Morgan fingerprint density at radius 2 is 2.06 bits per heavy atom. The zero-order valence-corrected chi connectivity index (χ0v) is 10.8. The largest absolute Gasteiger partial charge is 0.327 e. The molecule has 4 heteroatoms. The van der Waals surface area contributed by atoms with Crippen LogP contribution in [0, 0.1) is 0 Å². The van der Waals surface area contributed by atoms with Crippen LogP contribution in [0.15, 0.2) is 23.4 Å². The minimum absolute atomic E-state index is 0.310. The van der Waals surface area contributed by atoms with E-state index in [4.69, 9.17) is 17.3 Å². The molecule has 1 aromatic heterocycles. The van der Waals surface area contributed by atoms with Crippen molar-refractivity contribution in [3.05, 3.63) is 23.4 Å². The van der Waals surface area contributed by atoms with Crippen molar-refractivity contribution in [3.8, 4) is 0 Å². The molecule has 1 aromatic rings. The Labute approximate surface area is 106 Å². The molecule has 2 atom stereocenters. The van der Waals surface area contributed by atoms with Gasteiger partial charge in [0.05, 0.1) is 10.0 Å². The fourth-order valence-corrected chi connectivity index (χ4v) is 3.31. The summed E-state index contributed by atoms with van der Waals surface area (Å²) in [6.45, 7) is 0. The van der Waals surface area contributed by atoms with Gasteiger partial charge in [0, 0.05) is 17.5 Å². The molecule has 1 aliphatic rings. The van der Waals surface area contributed by atoms with E-state index in [1.165, 1.54) is 25.7 Å². The molecule has 88 valence electrons. The number of nitrogens with zero attached hydrogens (tertiary/aromatic N) is 1. The molecular weight excluding hydrogens is 240 g/mol. The standard InChI is InChI=1S/C12H17ClN2S/c13-9-6-7-12(15-8-9)16-11-5-3-1-2-4-10(11)14/h6-8,10-11H,1-5,14H2. The van der Waals surface area contributed by atoms with Gasteiger partial charge in [-0.3, -0.25) is 0 Å². The molecule has 1 fully saturated rings. The summed E-state index contributed by atoms with van der Waals surface area (Å²) in [6, 6.07) is 4.17. The van der Waals surface area contributed by atoms with Gasteiger partial charge < -0.3 is 5.73 Å². The Bertz CT molecular complexity index is 328. The van der Waals surface area contributed by atoms with E-state index in [-0.39, 0.29) is 0 Å². The molecular formula is C12H17ClN2S. The molecule has 0 aliphatic heterocycles. The topological polar surface area (TPSA) is 38.9 Å². The van der Waals surface area contributed by atoms with E-state index in [2.05, 4.69) is 4.98 Å². The molecule has 2 unspecified atom stereocenters. The van der Waals surface area contributed by atoms with Crippen molar-refractivity contribution >= 4 is 23.4 Å². The summed E-state index contributed by atoms with van der Waals surface area (Å²) in [5.41, 5.74) is 6.18. The second-order valence-corrected chi connectivity index (χ2v) is 5.97. The normalized spacial score (nSPS) is 26.4. The number of thioether (sulfide) groups is 1. The lowest BCUT2D eigenvalue weighted by molar-refractivity contribution is 0.596. The van der Waals surface area contributed by atoms with E-state index in [0.29, 0.717) is 16.3 Å². The van der Waals surface area contributed by atoms with E-state index in [1.807, 2.05) is 12.1 Å². The van der Waals surface area contributed by atoms with Gasteiger partial charge in [-0.05, 0) is 25.0 Å². The third-order valence-electron chi connectivity index (χ3n) is 2.98. The average Bonchev–Trinajstić information content (AvgIpc) is 2.48. The molecule has 2 rings (SSSR count). The summed E-state index contributed by atoms with van der Waals surface area (Å²) < 4.78 is 0.